The van der Waals surface area contributed by atoms with Gasteiger partial charge in [0.25, 0.3) is 12.4 Å². The van der Waals surface area contributed by atoms with Crippen LogP contribution in [0.2, 0.25) is 0 Å². The van der Waals surface area contributed by atoms with Gasteiger partial charge >= 0.3 is 0 Å². The molecule has 4 fully saturated rings. The van der Waals surface area contributed by atoms with Crippen molar-refractivity contribution in [2.45, 2.75) is 211 Å². The number of carbonyl (C=O) groups excluding carboxylic acids is 13. The molecule has 1 aromatic rings. The molecule has 36 nitrogen and oxygen atoms in total. The lowest BCUT2D eigenvalue weighted by molar-refractivity contribution is -0.240. The third-order valence-corrected chi connectivity index (χ3v) is 21.8. The first kappa shape index (κ1) is 91.1. The van der Waals surface area contributed by atoms with Crippen molar-refractivity contribution in [3.05, 3.63) is 82.5 Å². The SMILES string of the molecule is CCC(C)(CC(C)(CC(C)(C)C(=O)NCCCNC(=O)C(CCOC=O)NC(=O)C1(O)CC(O)C(O)C(O)C1)C(=O)NCC(C)O)C(=O)NCC(=O)NC(Cc1ccccc1)C(=O)NC(CC(C)C)C(=O)NCC(=O)NC1CC(OC2C[C@](O)(C(=O)CO)CC3C(O)=C4C(=O)C5C=CC=C(OC)C5C(=O)C4=C(O)C23)OCC1O. The van der Waals surface area contributed by atoms with Crippen LogP contribution in [0.25, 0.3) is 0 Å². The Balaban J connectivity index is 0.957. The lowest BCUT2D eigenvalue weighted by Gasteiger charge is -2.49. The van der Waals surface area contributed by atoms with Crippen molar-refractivity contribution in [2.24, 2.45) is 45.8 Å². The molecule has 0 spiro atoms. The minimum absolute atomic E-state index is 0.0187. The molecule has 626 valence electrons. The van der Waals surface area contributed by atoms with E-state index in [1.165, 1.54) is 32.3 Å². The van der Waals surface area contributed by atoms with Gasteiger partial charge in [-0.15, -0.1) is 0 Å². The van der Waals surface area contributed by atoms with E-state index in [9.17, 15) is 113 Å². The number of fused-ring (bicyclic) bond motifs is 3. The number of Topliss-reactive ketones (excluding diaryl/α,β-unsaturated/α-hetero) is 3. The Morgan fingerprint density at radius 1 is 0.708 bits per heavy atom. The topological polar surface area (TPSA) is 569 Å². The first-order valence-corrected chi connectivity index (χ1v) is 37.9. The predicted molar refractivity (Wildman–Crippen MR) is 396 cm³/mol. The second-order valence-electron chi connectivity index (χ2n) is 31.9. The van der Waals surface area contributed by atoms with Crippen molar-refractivity contribution in [3.8, 4) is 0 Å². The van der Waals surface area contributed by atoms with Crippen molar-refractivity contribution >= 4 is 77.0 Å². The van der Waals surface area contributed by atoms with E-state index in [0.717, 1.165) is 0 Å². The molecule has 6 aliphatic rings. The molecule has 3 saturated carbocycles. The van der Waals surface area contributed by atoms with E-state index < -0.39 is 263 Å². The van der Waals surface area contributed by atoms with E-state index in [0.29, 0.717) is 5.56 Å². The van der Waals surface area contributed by atoms with Gasteiger partial charge in [-0.1, -0.05) is 91.0 Å². The van der Waals surface area contributed by atoms with Crippen LogP contribution < -0.4 is 47.9 Å². The quantitative estimate of drug-likeness (QED) is 0.0229. The third-order valence-electron chi connectivity index (χ3n) is 21.8. The summed E-state index contributed by atoms with van der Waals surface area (Å²) in [6.45, 7) is 9.40. The van der Waals surface area contributed by atoms with Crippen molar-refractivity contribution in [3.63, 3.8) is 0 Å². The maximum atomic E-state index is 14.5. The molecule has 1 heterocycles. The van der Waals surface area contributed by atoms with E-state index in [2.05, 4.69) is 47.9 Å². The van der Waals surface area contributed by atoms with Gasteiger partial charge in [0, 0.05) is 80.3 Å². The van der Waals surface area contributed by atoms with Crippen molar-refractivity contribution in [1.29, 1.82) is 0 Å². The van der Waals surface area contributed by atoms with Crippen LogP contribution in [0.5, 0.6) is 0 Å². The molecule has 9 amide bonds. The zero-order valence-electron chi connectivity index (χ0n) is 65.0. The molecule has 19 N–H and O–H groups in total. The average molecular weight is 1590 g/mol. The number of hydrogen-bond acceptors (Lipinski definition) is 27. The van der Waals surface area contributed by atoms with Crippen LogP contribution in [0.1, 0.15) is 132 Å². The number of carbonyl (C=O) groups is 13. The van der Waals surface area contributed by atoms with Crippen LogP contribution in [0, 0.1) is 45.8 Å². The van der Waals surface area contributed by atoms with Crippen molar-refractivity contribution in [2.75, 3.05) is 59.7 Å². The minimum Gasteiger partial charge on any atom is -0.511 e. The van der Waals surface area contributed by atoms with E-state index in [4.69, 9.17) is 18.9 Å². The van der Waals surface area contributed by atoms with Crippen LogP contribution in [0.4, 0.5) is 0 Å². The molecule has 0 radical (unpaired) electrons. The molecule has 0 bridgehead atoms. The Bertz CT molecular complexity index is 3800. The van der Waals surface area contributed by atoms with Gasteiger partial charge < -0.3 is 118 Å². The number of methoxy groups -OCH3 is 1. The molecule has 1 saturated heterocycles. The second-order valence-corrected chi connectivity index (χ2v) is 31.9. The van der Waals surface area contributed by atoms with Gasteiger partial charge in [-0.2, -0.15) is 0 Å². The van der Waals surface area contributed by atoms with Gasteiger partial charge in [0.05, 0.1) is 98.9 Å². The largest absolute Gasteiger partial charge is 0.511 e. The van der Waals surface area contributed by atoms with E-state index in [-0.39, 0.29) is 95.8 Å². The summed E-state index contributed by atoms with van der Waals surface area (Å²) in [7, 11) is 1.30. The average Bonchev–Trinajstić information content (AvgIpc) is 0.709. The fourth-order valence-electron chi connectivity index (χ4n) is 15.7. The molecule has 36 heteroatoms. The molecule has 5 aliphatic carbocycles. The number of aliphatic hydroxyl groups excluding tert-OH is 8. The first-order valence-electron chi connectivity index (χ1n) is 37.9. The standard InChI is InChI=1S/C77H111N9O27/c1-10-74(7,37-75(8,71(106)81-31-40(4)89)36-73(5,6)69(104)79-22-15-21-78-66(101)44(20-23-111-38-88)86-72(107)77(109)28-48(90)63(98)49(91)29-77)70(105)82-33-55(95)84-47(25-41-16-12-11-13-17-41)68(103)85-46(24-39(2)3)67(102)80-32-54(94)83-45-26-56(112-35-50(45)92)113-52-30-76(108,53(93)34-87)27-43-58(52)65(100)60-59(62(43)97)61(96)42-18-14-19-51(110-9)57(42)64(60)99/h11-14,16-19,38-40,42-50,52,56-58,63,87,89-92,97-98,100,108-109H,10,15,20-37H2,1-9H3,(H,78,101)(H,79,104)(H,80,102)(H,81,106)(H,82,105)(H,83,94)(H,84,95)(H,85,103)(H,86,107)/t40?,42?,43?,44?,45?,46?,47?,48?,49?,50?,52?,56?,57?,58?,63?,74?,75?,76-,77?/m0/s1. The molecule has 16 unspecified atom stereocenters. The monoisotopic (exact) mass is 1590 g/mol. The third kappa shape index (κ3) is 22.7. The number of amides is 9. The smallest absolute Gasteiger partial charge is 0.293 e. The van der Waals surface area contributed by atoms with Crippen LogP contribution in [0.3, 0.4) is 0 Å². The van der Waals surface area contributed by atoms with Crippen molar-refractivity contribution in [1.82, 2.24) is 47.9 Å². The molecule has 7 rings (SSSR count). The van der Waals surface area contributed by atoms with Gasteiger partial charge in [-0.3, -0.25) is 62.3 Å². The molecule has 1 aromatic carbocycles. The van der Waals surface area contributed by atoms with Crippen LogP contribution in [-0.2, 0) is 87.7 Å². The highest BCUT2D eigenvalue weighted by molar-refractivity contribution is 6.21. The summed E-state index contributed by atoms with van der Waals surface area (Å²) in [6.07, 6.45) is -9.16. The van der Waals surface area contributed by atoms with Crippen LogP contribution in [-0.4, -0.2) is 266 Å². The summed E-state index contributed by atoms with van der Waals surface area (Å²) >= 11 is 0. The Morgan fingerprint density at radius 2 is 1.35 bits per heavy atom. The Morgan fingerprint density at radius 3 is 1.97 bits per heavy atom. The fourth-order valence-corrected chi connectivity index (χ4v) is 15.7. The summed E-state index contributed by atoms with van der Waals surface area (Å²) < 4.78 is 22.2. The molecular formula is C77H111N9O27. The van der Waals surface area contributed by atoms with Gasteiger partial charge in [-0.25, -0.2) is 0 Å². The lowest BCUT2D eigenvalue weighted by atomic mass is 9.59. The van der Waals surface area contributed by atoms with Gasteiger partial charge in [-0.05, 0) is 63.0 Å². The maximum Gasteiger partial charge on any atom is 0.293 e. The fraction of sp³-hybridized carbons (Fsp3) is 0.649. The molecule has 0 aromatic heterocycles. The maximum absolute atomic E-state index is 14.5. The Kier molecular flexibility index (Phi) is 31.7. The van der Waals surface area contributed by atoms with Crippen molar-refractivity contribution < 1.29 is 132 Å². The number of ether oxygens (including phenoxy) is 4. The van der Waals surface area contributed by atoms with Gasteiger partial charge in [0.15, 0.2) is 23.6 Å². The molecule has 113 heavy (non-hydrogen) atoms. The van der Waals surface area contributed by atoms with E-state index >= 15 is 0 Å². The number of benzene rings is 1. The summed E-state index contributed by atoms with van der Waals surface area (Å²) in [4.78, 5) is 178. The van der Waals surface area contributed by atoms with Gasteiger partial charge in [0.2, 0.25) is 47.3 Å². The first-order chi connectivity index (χ1) is 53.1. The molecule has 17 atom stereocenters. The second kappa shape index (κ2) is 39.3. The zero-order valence-corrected chi connectivity index (χ0v) is 65.0. The normalized spacial score (nSPS) is 27.6. The zero-order chi connectivity index (χ0) is 83.8. The predicted octanol–water partition coefficient (Wildman–Crippen LogP) is -3.10. The van der Waals surface area contributed by atoms with Crippen LogP contribution in [0.15, 0.2) is 77.0 Å². The highest BCUT2D eigenvalue weighted by Gasteiger charge is 2.60. The lowest BCUT2D eigenvalue weighted by Crippen LogP contribution is -2.61. The molecular weight excluding hydrogens is 1480 g/mol. The van der Waals surface area contributed by atoms with Crippen LogP contribution >= 0.6 is 0 Å². The summed E-state index contributed by atoms with van der Waals surface area (Å²) in [5.74, 6) is -16.3. The summed E-state index contributed by atoms with van der Waals surface area (Å²) in [5, 5.41) is 132. The Labute approximate surface area is 653 Å². The highest BCUT2D eigenvalue weighted by Crippen LogP contribution is 2.54. The number of ketones is 3. The number of allylic oxidation sites excluding steroid dienone is 7. The minimum atomic E-state index is -2.41. The highest BCUT2D eigenvalue weighted by atomic mass is 16.7. The number of nitrogens with one attached hydrogen (secondary N) is 9. The summed E-state index contributed by atoms with van der Waals surface area (Å²) in [5.41, 5.74) is -9.51. The summed E-state index contributed by atoms with van der Waals surface area (Å²) in [6, 6.07) is 3.26. The number of rotatable bonds is 39. The molecule has 1 aliphatic heterocycles. The Hall–Kier alpha value is -9.11. The number of aliphatic hydroxyl groups is 10. The van der Waals surface area contributed by atoms with E-state index in [1.54, 1.807) is 78.8 Å². The van der Waals surface area contributed by atoms with E-state index in [1.807, 2.05) is 0 Å². The van der Waals surface area contributed by atoms with Gasteiger partial charge in [0.1, 0.15) is 59.3 Å². The number of hydrogen-bond donors (Lipinski definition) is 19.